The van der Waals surface area contributed by atoms with Gasteiger partial charge in [0.05, 0.1) is 61.6 Å². The predicted octanol–water partition coefficient (Wildman–Crippen LogP) is 7.04. The zero-order valence-corrected chi connectivity index (χ0v) is 56.9. The highest BCUT2D eigenvalue weighted by atomic mass is 16.6. The lowest BCUT2D eigenvalue weighted by Crippen LogP contribution is -2.56. The Bertz CT molecular complexity index is 2900. The number of hydrogen-bond acceptors (Lipinski definition) is 13. The number of anilines is 1. The average molecular weight is 1280 g/mol. The molecule has 2 bridgehead atoms. The van der Waals surface area contributed by atoms with Crippen molar-refractivity contribution in [3.63, 3.8) is 0 Å². The zero-order chi connectivity index (χ0) is 67.7. The molecule has 0 aromatic heterocycles. The maximum atomic E-state index is 14.3. The van der Waals surface area contributed by atoms with E-state index in [1.165, 1.54) is 34.4 Å². The van der Waals surface area contributed by atoms with E-state index in [-0.39, 0.29) is 109 Å². The van der Waals surface area contributed by atoms with Crippen molar-refractivity contribution in [3.05, 3.63) is 77.4 Å². The van der Waals surface area contributed by atoms with Crippen LogP contribution in [0.5, 0.6) is 0 Å². The molecule has 2 aromatic carbocycles. The minimum Gasteiger partial charge on any atom is -0.445 e. The van der Waals surface area contributed by atoms with Gasteiger partial charge in [0.1, 0.15) is 18.7 Å². The molecule has 2 aromatic rings. The summed E-state index contributed by atoms with van der Waals surface area (Å²) in [7, 11) is 6.15. The van der Waals surface area contributed by atoms with Crippen LogP contribution in [0.2, 0.25) is 0 Å². The number of benzene rings is 2. The highest BCUT2D eigenvalue weighted by Gasteiger charge is 2.61. The Kier molecular flexibility index (Phi) is 27.8. The van der Waals surface area contributed by atoms with Crippen LogP contribution in [0.25, 0.3) is 0 Å². The molecule has 22 heteroatoms. The fourth-order valence-electron chi connectivity index (χ4n) is 14.2. The maximum Gasteiger partial charge on any atom is 0.410 e. The number of hydrogen-bond donors (Lipinski definition) is 5. The van der Waals surface area contributed by atoms with Crippen LogP contribution < -0.4 is 26.6 Å². The molecule has 2 aliphatic heterocycles. The van der Waals surface area contributed by atoms with Gasteiger partial charge in [0, 0.05) is 59.6 Å². The van der Waals surface area contributed by atoms with Crippen molar-refractivity contribution < 1.29 is 62.2 Å². The minimum absolute atomic E-state index is 0.0355. The van der Waals surface area contributed by atoms with E-state index in [0.717, 1.165) is 24.8 Å². The summed E-state index contributed by atoms with van der Waals surface area (Å²) in [6.45, 7) is 19.1. The highest BCUT2D eigenvalue weighted by molar-refractivity contribution is 6.06. The lowest BCUT2D eigenvalue weighted by atomic mass is 9.77. The standard InChI is InChI=1S/C70H105N9O13/c1-15-43(7)51-35-49-36-52(51)60-59(49)68(87)79(69(60)88)32-22-18-21-27-55(80)75-61(41(3)4)66(85)71-38-56(81)74-50-30-28-48(29-31-50)40-92-70(89)77(12)62(42(5)6)67(86)72-39-58(83)76(11)63(44(8)16-2)54(90-13)37-57(82)78-33-23-26-53(78)64(91-14)46(10)65(84)73-45(9)34-47-24-19-17-20-25-47/h17,19-20,24-25,28-31,35,41-46,49,52-54,59-64H,15-16,18,21-23,26-27,32-34,36-40H2,1-14H3,(H,71,85)(H,72,86)(H,73,84)(H,74,81)(H,75,80)/t43?,44-,45+,46+,49?,52?,53-,54+,59?,60?,61?,62?,63-,64+/m0/s1. The normalized spacial score (nSPS) is 21.3. The number of carbonyl (C=O) groups excluding carboxylic acids is 10. The number of nitrogens with one attached hydrogen (secondary N) is 5. The molecule has 5 N–H and O–H groups in total. The van der Waals surface area contributed by atoms with Crippen molar-refractivity contribution in [1.82, 2.24) is 40.9 Å². The molecular formula is C70H105N9O13. The maximum absolute atomic E-state index is 14.3. The summed E-state index contributed by atoms with van der Waals surface area (Å²) in [4.78, 5) is 141. The van der Waals surface area contributed by atoms with Crippen LogP contribution in [0.3, 0.4) is 0 Å². The fourth-order valence-corrected chi connectivity index (χ4v) is 14.2. The van der Waals surface area contributed by atoms with Crippen molar-refractivity contribution in [1.29, 1.82) is 0 Å². The average Bonchev–Trinajstić information content (AvgIpc) is 1.56. The molecule has 22 nitrogen and oxygen atoms in total. The third kappa shape index (κ3) is 18.8. The zero-order valence-electron chi connectivity index (χ0n) is 56.9. The van der Waals surface area contributed by atoms with E-state index in [1.54, 1.807) is 71.0 Å². The van der Waals surface area contributed by atoms with Crippen LogP contribution in [-0.4, -0.2) is 176 Å². The van der Waals surface area contributed by atoms with Gasteiger partial charge >= 0.3 is 6.09 Å². The second-order valence-corrected chi connectivity index (χ2v) is 26.7. The number of allylic oxidation sites excluding steroid dienone is 2. The first kappa shape index (κ1) is 73.8. The van der Waals surface area contributed by atoms with Gasteiger partial charge in [-0.2, -0.15) is 0 Å². The smallest absolute Gasteiger partial charge is 0.410 e. The van der Waals surface area contributed by atoms with Crippen molar-refractivity contribution in [2.24, 2.45) is 53.3 Å². The number of fused-ring (bicyclic) bond motifs is 5. The molecule has 6 rings (SSSR count). The van der Waals surface area contributed by atoms with E-state index in [4.69, 9.17) is 14.2 Å². The first-order chi connectivity index (χ1) is 43.8. The summed E-state index contributed by atoms with van der Waals surface area (Å²) in [5, 5.41) is 14.0. The third-order valence-electron chi connectivity index (χ3n) is 19.6. The molecule has 1 saturated carbocycles. The van der Waals surface area contributed by atoms with E-state index in [1.807, 2.05) is 58.0 Å². The summed E-state index contributed by atoms with van der Waals surface area (Å²) < 4.78 is 17.6. The van der Waals surface area contributed by atoms with Gasteiger partial charge in [-0.15, -0.1) is 0 Å². The van der Waals surface area contributed by atoms with Gasteiger partial charge in [-0.3, -0.25) is 53.0 Å². The van der Waals surface area contributed by atoms with Crippen LogP contribution in [-0.2, 0) is 70.4 Å². The number of ether oxygens (including phenoxy) is 3. The van der Waals surface area contributed by atoms with Gasteiger partial charge < -0.3 is 50.6 Å². The van der Waals surface area contributed by atoms with Gasteiger partial charge in [-0.05, 0) is 111 Å². The Balaban J connectivity index is 0.904. The first-order valence-electron chi connectivity index (χ1n) is 33.4. The molecule has 2 heterocycles. The number of amides is 10. The quantitative estimate of drug-likeness (QED) is 0.0264. The monoisotopic (exact) mass is 1280 g/mol. The molecule has 2 aliphatic carbocycles. The van der Waals surface area contributed by atoms with E-state index in [9.17, 15) is 47.9 Å². The molecule has 14 atom stereocenters. The molecule has 4 aliphatic rings. The van der Waals surface area contributed by atoms with E-state index in [0.29, 0.717) is 68.8 Å². The lowest BCUT2D eigenvalue weighted by molar-refractivity contribution is -0.146. The van der Waals surface area contributed by atoms with Gasteiger partial charge in [0.15, 0.2) is 0 Å². The molecule has 0 radical (unpaired) electrons. The molecule has 7 unspecified atom stereocenters. The van der Waals surface area contributed by atoms with Crippen molar-refractivity contribution in [3.8, 4) is 0 Å². The Labute approximate surface area is 545 Å². The fraction of sp³-hybridized carbons (Fsp3) is 0.657. The van der Waals surface area contributed by atoms with Crippen LogP contribution >= 0.6 is 0 Å². The molecule has 92 heavy (non-hydrogen) atoms. The Morgan fingerprint density at radius 1 is 0.707 bits per heavy atom. The number of imide groups is 1. The lowest BCUT2D eigenvalue weighted by Gasteiger charge is -2.39. The number of carbonyl (C=O) groups is 10. The van der Waals surface area contributed by atoms with Gasteiger partial charge in [0.25, 0.3) is 0 Å². The summed E-state index contributed by atoms with van der Waals surface area (Å²) in [6, 6.07) is 13.5. The molecule has 2 saturated heterocycles. The largest absolute Gasteiger partial charge is 0.445 e. The number of likely N-dealkylation sites (tertiary alicyclic amines) is 2. The predicted molar refractivity (Wildman–Crippen MR) is 350 cm³/mol. The first-order valence-corrected chi connectivity index (χ1v) is 33.4. The van der Waals surface area contributed by atoms with Gasteiger partial charge in [0.2, 0.25) is 53.2 Å². The number of likely N-dealkylation sites (N-methyl/N-ethyl adjacent to an activating group) is 2. The summed E-state index contributed by atoms with van der Waals surface area (Å²) in [5.41, 5.74) is 3.44. The van der Waals surface area contributed by atoms with Crippen molar-refractivity contribution in [2.75, 3.05) is 59.8 Å². The number of rotatable bonds is 35. The molecule has 10 amide bonds. The molecule has 3 fully saturated rings. The summed E-state index contributed by atoms with van der Waals surface area (Å²) >= 11 is 0. The second kappa shape index (κ2) is 34.6. The van der Waals surface area contributed by atoms with Crippen LogP contribution in [0, 0.1) is 53.3 Å². The molecular weight excluding hydrogens is 1170 g/mol. The van der Waals surface area contributed by atoms with E-state index < -0.39 is 72.5 Å². The number of methoxy groups -OCH3 is 2. The highest BCUT2D eigenvalue weighted by Crippen LogP contribution is 2.57. The van der Waals surface area contributed by atoms with Gasteiger partial charge in [-0.1, -0.05) is 129 Å². The second-order valence-electron chi connectivity index (χ2n) is 26.7. The van der Waals surface area contributed by atoms with Crippen LogP contribution in [0.1, 0.15) is 145 Å². The van der Waals surface area contributed by atoms with E-state index in [2.05, 4.69) is 46.5 Å². The third-order valence-corrected chi connectivity index (χ3v) is 19.6. The Morgan fingerprint density at radius 3 is 2.01 bits per heavy atom. The molecule has 0 spiro atoms. The Hall–Kier alpha value is -7.20. The number of unbranched alkanes of at least 4 members (excludes halogenated alkanes) is 2. The summed E-state index contributed by atoms with van der Waals surface area (Å²) in [5.74, 6) is -3.88. The molecule has 508 valence electrons. The van der Waals surface area contributed by atoms with Crippen molar-refractivity contribution in [2.45, 2.75) is 189 Å². The number of nitrogens with zero attached hydrogens (tertiary/aromatic N) is 4. The van der Waals surface area contributed by atoms with Crippen molar-refractivity contribution >= 4 is 64.9 Å². The van der Waals surface area contributed by atoms with E-state index >= 15 is 0 Å². The SMILES string of the molecule is CCC(C)C1=CC2CC1C1C(=O)N(CCCCCC(=O)NC(C(=O)NCC(=O)Nc3ccc(COC(=O)N(C)C(C(=O)NCC(=O)N(C)[C@@H]([C@@H](C)CC)[C@@H](CC(=O)N4CCC[C@H]4[C@H](OC)[C@@H](C)C(=O)N[C@H](C)Cc4ccccc4)OC)C(C)C)cc3)C(C)C)C(=O)C21. The minimum atomic E-state index is -1.02. The van der Waals surface area contributed by atoms with Crippen LogP contribution in [0.4, 0.5) is 10.5 Å². The van der Waals surface area contributed by atoms with Gasteiger partial charge in [-0.25, -0.2) is 4.79 Å². The van der Waals surface area contributed by atoms with Crippen LogP contribution in [0.15, 0.2) is 66.2 Å². The summed E-state index contributed by atoms with van der Waals surface area (Å²) in [6.07, 6.45) is 6.67. The topological polar surface area (TPSA) is 272 Å². The Morgan fingerprint density at radius 2 is 1.38 bits per heavy atom.